The second-order valence-corrected chi connectivity index (χ2v) is 10.5. The minimum absolute atomic E-state index is 0.108. The summed E-state index contributed by atoms with van der Waals surface area (Å²) in [4.78, 5) is 24.5. The fourth-order valence-electron chi connectivity index (χ4n) is 4.16. The summed E-state index contributed by atoms with van der Waals surface area (Å²) in [5, 5.41) is 10.3. The second-order valence-electron chi connectivity index (χ2n) is 8.31. The number of likely N-dealkylation sites (tertiary alicyclic amines) is 1. The van der Waals surface area contributed by atoms with Gasteiger partial charge in [-0.25, -0.2) is 9.37 Å². The maximum absolute atomic E-state index is 13.6. The molecule has 4 aromatic rings. The van der Waals surface area contributed by atoms with E-state index in [0.717, 1.165) is 39.9 Å². The summed E-state index contributed by atoms with van der Waals surface area (Å²) >= 11 is 3.00. The molecule has 0 spiro atoms. The summed E-state index contributed by atoms with van der Waals surface area (Å²) in [6.07, 6.45) is 3.64. The van der Waals surface area contributed by atoms with Crippen LogP contribution >= 0.6 is 23.1 Å². The molecule has 1 saturated heterocycles. The van der Waals surface area contributed by atoms with E-state index in [9.17, 15) is 9.18 Å². The molecular weight excluding hydrogens is 459 g/mol. The molecule has 5 rings (SSSR count). The van der Waals surface area contributed by atoms with Crippen LogP contribution in [0.4, 0.5) is 4.39 Å². The summed E-state index contributed by atoms with van der Waals surface area (Å²) in [5.41, 5.74) is 1.70. The van der Waals surface area contributed by atoms with Gasteiger partial charge in [-0.3, -0.25) is 14.3 Å². The van der Waals surface area contributed by atoms with E-state index < -0.39 is 0 Å². The van der Waals surface area contributed by atoms with Gasteiger partial charge in [-0.1, -0.05) is 18.2 Å². The van der Waals surface area contributed by atoms with E-state index in [1.807, 2.05) is 18.4 Å². The largest absolute Gasteiger partial charge is 0.309 e. The number of nitrogens with one attached hydrogen (secondary N) is 1. The first-order chi connectivity index (χ1) is 16.0. The number of fused-ring (bicyclic) bond motifs is 1. The number of rotatable bonds is 6. The van der Waals surface area contributed by atoms with Crippen molar-refractivity contribution in [3.8, 4) is 5.69 Å². The van der Waals surface area contributed by atoms with E-state index in [0.29, 0.717) is 28.7 Å². The van der Waals surface area contributed by atoms with Crippen LogP contribution in [0.2, 0.25) is 0 Å². The molecule has 0 bridgehead atoms. The second kappa shape index (κ2) is 9.36. The van der Waals surface area contributed by atoms with Crippen molar-refractivity contribution < 1.29 is 4.39 Å². The number of nitrogens with zero attached hydrogens (tertiary/aromatic N) is 5. The lowest BCUT2D eigenvalue weighted by atomic mass is 10.1. The molecule has 1 aliphatic rings. The van der Waals surface area contributed by atoms with Gasteiger partial charge in [0.25, 0.3) is 5.56 Å². The van der Waals surface area contributed by atoms with Crippen LogP contribution in [0.1, 0.15) is 41.4 Å². The van der Waals surface area contributed by atoms with Gasteiger partial charge in [-0.15, -0.1) is 21.5 Å². The maximum atomic E-state index is 13.6. The van der Waals surface area contributed by atoms with Crippen LogP contribution in [0, 0.1) is 19.7 Å². The molecule has 1 fully saturated rings. The predicted molar refractivity (Wildman–Crippen MR) is 130 cm³/mol. The number of benzene rings is 1. The number of aryl methyl sites for hydroxylation is 2. The summed E-state index contributed by atoms with van der Waals surface area (Å²) in [6, 6.07) is 6.38. The highest BCUT2D eigenvalue weighted by atomic mass is 32.2. The summed E-state index contributed by atoms with van der Waals surface area (Å²) in [5.74, 6) is 1.59. The van der Waals surface area contributed by atoms with Gasteiger partial charge in [0.05, 0.1) is 17.7 Å². The Morgan fingerprint density at radius 1 is 1.12 bits per heavy atom. The highest BCUT2D eigenvalue weighted by molar-refractivity contribution is 7.98. The van der Waals surface area contributed by atoms with Crippen molar-refractivity contribution in [2.24, 2.45) is 0 Å². The Kier molecular flexibility index (Phi) is 6.31. The third kappa shape index (κ3) is 4.60. The zero-order valence-corrected chi connectivity index (χ0v) is 20.2. The molecule has 1 aromatic carbocycles. The van der Waals surface area contributed by atoms with E-state index in [1.165, 1.54) is 54.5 Å². The molecular formula is C23H25FN6OS2. The Morgan fingerprint density at radius 3 is 2.64 bits per heavy atom. The highest BCUT2D eigenvalue weighted by Crippen LogP contribution is 2.28. The number of halogens is 1. The average Bonchev–Trinajstić information content (AvgIpc) is 3.33. The Labute approximate surface area is 199 Å². The van der Waals surface area contributed by atoms with Crippen molar-refractivity contribution in [2.75, 3.05) is 13.1 Å². The van der Waals surface area contributed by atoms with E-state index in [1.54, 1.807) is 12.1 Å². The molecule has 0 unspecified atom stereocenters. The third-order valence-electron chi connectivity index (χ3n) is 6.03. The Morgan fingerprint density at radius 2 is 1.88 bits per heavy atom. The monoisotopic (exact) mass is 484 g/mol. The first-order valence-electron chi connectivity index (χ1n) is 11.0. The zero-order valence-electron chi connectivity index (χ0n) is 18.6. The molecule has 3 aromatic heterocycles. The number of aromatic nitrogens is 5. The number of aromatic amines is 1. The number of hydrogen-bond donors (Lipinski definition) is 1. The van der Waals surface area contributed by atoms with Crippen LogP contribution in [-0.4, -0.2) is 42.7 Å². The van der Waals surface area contributed by atoms with Gasteiger partial charge < -0.3 is 4.98 Å². The van der Waals surface area contributed by atoms with Crippen molar-refractivity contribution in [2.45, 2.75) is 50.6 Å². The smallest absolute Gasteiger partial charge is 0.259 e. The molecule has 1 aliphatic heterocycles. The van der Waals surface area contributed by atoms with Crippen LogP contribution < -0.4 is 5.56 Å². The first kappa shape index (κ1) is 22.2. The van der Waals surface area contributed by atoms with E-state index >= 15 is 0 Å². The van der Waals surface area contributed by atoms with Crippen molar-refractivity contribution in [3.63, 3.8) is 0 Å². The molecule has 10 heteroatoms. The fraction of sp³-hybridized carbons (Fsp3) is 0.391. The SMILES string of the molecule is Cc1sc2nc(CSc3nnc(CN4CCCCC4)n3-c3ccc(F)cc3)[nH]c(=O)c2c1C. The Hall–Kier alpha value is -2.56. The number of hydrogen-bond acceptors (Lipinski definition) is 7. The predicted octanol–water partition coefficient (Wildman–Crippen LogP) is 4.60. The van der Waals surface area contributed by atoms with E-state index in [4.69, 9.17) is 0 Å². The molecule has 4 heterocycles. The van der Waals surface area contributed by atoms with Crippen LogP contribution in [0.25, 0.3) is 15.9 Å². The van der Waals surface area contributed by atoms with Gasteiger partial charge in [-0.05, 0) is 69.6 Å². The molecule has 172 valence electrons. The quantitative estimate of drug-likeness (QED) is 0.403. The normalized spacial score (nSPS) is 14.9. The van der Waals surface area contributed by atoms with Crippen LogP contribution in [0.5, 0.6) is 0 Å². The third-order valence-corrected chi connectivity index (χ3v) is 8.07. The zero-order chi connectivity index (χ0) is 22.9. The summed E-state index contributed by atoms with van der Waals surface area (Å²) in [6.45, 7) is 6.74. The van der Waals surface area contributed by atoms with Gasteiger partial charge in [0, 0.05) is 10.6 Å². The average molecular weight is 485 g/mol. The molecule has 33 heavy (non-hydrogen) atoms. The van der Waals surface area contributed by atoms with E-state index in [-0.39, 0.29) is 11.4 Å². The number of thiophene rings is 1. The lowest BCUT2D eigenvalue weighted by Crippen LogP contribution is -2.30. The Bertz CT molecular complexity index is 1340. The molecule has 0 aliphatic carbocycles. The van der Waals surface area contributed by atoms with Gasteiger partial charge in [0.15, 0.2) is 11.0 Å². The van der Waals surface area contributed by atoms with Gasteiger partial charge in [-0.2, -0.15) is 0 Å². The number of piperidine rings is 1. The van der Waals surface area contributed by atoms with Crippen molar-refractivity contribution in [1.29, 1.82) is 0 Å². The highest BCUT2D eigenvalue weighted by Gasteiger charge is 2.20. The molecule has 7 nitrogen and oxygen atoms in total. The lowest BCUT2D eigenvalue weighted by Gasteiger charge is -2.26. The molecule has 1 N–H and O–H groups in total. The van der Waals surface area contributed by atoms with Crippen LogP contribution in [0.3, 0.4) is 0 Å². The molecule has 0 amide bonds. The minimum Gasteiger partial charge on any atom is -0.309 e. The van der Waals surface area contributed by atoms with Crippen LogP contribution in [0.15, 0.2) is 34.2 Å². The van der Waals surface area contributed by atoms with Gasteiger partial charge in [0.1, 0.15) is 16.5 Å². The summed E-state index contributed by atoms with van der Waals surface area (Å²) in [7, 11) is 0. The number of thioether (sulfide) groups is 1. The lowest BCUT2D eigenvalue weighted by molar-refractivity contribution is 0.214. The summed E-state index contributed by atoms with van der Waals surface area (Å²) < 4.78 is 15.6. The molecule has 0 saturated carbocycles. The fourth-order valence-corrected chi connectivity index (χ4v) is 6.05. The van der Waals surface area contributed by atoms with Crippen molar-refractivity contribution in [1.82, 2.24) is 29.6 Å². The minimum atomic E-state index is -0.282. The molecule has 0 atom stereocenters. The standard InChI is InChI=1S/C23H25FN6OS2/c1-14-15(2)33-22-20(14)21(31)25-18(26-22)13-32-23-28-27-19(12-29-10-4-3-5-11-29)30(23)17-8-6-16(24)7-9-17/h6-9H,3-5,10-13H2,1-2H3,(H,25,26,31). The van der Waals surface area contributed by atoms with Gasteiger partial charge in [0.2, 0.25) is 0 Å². The van der Waals surface area contributed by atoms with Crippen molar-refractivity contribution >= 4 is 33.3 Å². The first-order valence-corrected chi connectivity index (χ1v) is 12.8. The van der Waals surface area contributed by atoms with Crippen molar-refractivity contribution in [3.05, 3.63) is 62.5 Å². The Balaban J connectivity index is 1.44. The molecule has 0 radical (unpaired) electrons. The maximum Gasteiger partial charge on any atom is 0.259 e. The van der Waals surface area contributed by atoms with E-state index in [2.05, 4.69) is 25.1 Å². The number of H-pyrrole nitrogens is 1. The topological polar surface area (TPSA) is 79.7 Å². The van der Waals surface area contributed by atoms with Crippen LogP contribution in [-0.2, 0) is 12.3 Å². The van der Waals surface area contributed by atoms with Gasteiger partial charge >= 0.3 is 0 Å².